The minimum absolute atomic E-state index is 0.220. The Kier molecular flexibility index (Phi) is 6.47. The van der Waals surface area contributed by atoms with Crippen molar-refractivity contribution in [2.24, 2.45) is 0 Å². The van der Waals surface area contributed by atoms with E-state index in [2.05, 4.69) is 42.7 Å². The van der Waals surface area contributed by atoms with Crippen molar-refractivity contribution in [3.05, 3.63) is 87.1 Å². The molecule has 1 saturated heterocycles. The summed E-state index contributed by atoms with van der Waals surface area (Å²) >= 11 is 0.983. The van der Waals surface area contributed by atoms with Crippen molar-refractivity contribution in [1.29, 1.82) is 0 Å². The lowest BCUT2D eigenvalue weighted by Gasteiger charge is -2.13. The molecule has 0 saturated carbocycles. The van der Waals surface area contributed by atoms with Crippen molar-refractivity contribution in [3.63, 3.8) is 0 Å². The van der Waals surface area contributed by atoms with Gasteiger partial charge in [0.1, 0.15) is 12.4 Å². The Morgan fingerprint density at radius 1 is 0.909 bits per heavy atom. The lowest BCUT2D eigenvalue weighted by Crippen LogP contribution is -2.32. The second-order valence-electron chi connectivity index (χ2n) is 8.43. The highest BCUT2D eigenvalue weighted by atomic mass is 32.2. The molecule has 0 radical (unpaired) electrons. The van der Waals surface area contributed by atoms with Gasteiger partial charge in [-0.05, 0) is 99.5 Å². The highest BCUT2D eigenvalue weighted by Crippen LogP contribution is 2.33. The molecule has 1 aliphatic rings. The molecular weight excluding hydrogens is 432 g/mol. The van der Waals surface area contributed by atoms with E-state index in [9.17, 15) is 9.59 Å². The maximum Gasteiger partial charge on any atom is 0.293 e. The number of thioether (sulfide) groups is 1. The third-order valence-corrected chi connectivity index (χ3v) is 6.89. The summed E-state index contributed by atoms with van der Waals surface area (Å²) in [6.45, 7) is 10.8. The number of carbonyl (C=O) groups excluding carboxylic acids is 2. The Labute approximate surface area is 199 Å². The van der Waals surface area contributed by atoms with Crippen LogP contribution in [-0.2, 0) is 4.79 Å². The van der Waals surface area contributed by atoms with E-state index >= 15 is 0 Å². The zero-order valence-electron chi connectivity index (χ0n) is 19.6. The predicted octanol–water partition coefficient (Wildman–Crippen LogP) is 6.13. The zero-order chi connectivity index (χ0) is 23.7. The molecule has 2 amide bonds. The number of amides is 2. The summed E-state index contributed by atoms with van der Waals surface area (Å²) in [5.41, 5.74) is 7.77. The van der Waals surface area contributed by atoms with Crippen LogP contribution in [0.1, 0.15) is 33.6 Å². The monoisotopic (exact) mass is 460 g/mol. The summed E-state index contributed by atoms with van der Waals surface area (Å²) in [6, 6.07) is 16.1. The van der Waals surface area contributed by atoms with Gasteiger partial charge in [0, 0.05) is 17.1 Å². The second kappa shape index (κ2) is 9.32. The Balaban J connectivity index is 1.50. The van der Waals surface area contributed by atoms with Crippen LogP contribution in [0.3, 0.4) is 0 Å². The van der Waals surface area contributed by atoms with E-state index < -0.39 is 0 Å². The van der Waals surface area contributed by atoms with Gasteiger partial charge >= 0.3 is 0 Å². The molecule has 33 heavy (non-hydrogen) atoms. The molecule has 0 spiro atoms. The fourth-order valence-electron chi connectivity index (χ4n) is 3.92. The molecule has 1 aromatic heterocycles. The highest BCUT2D eigenvalue weighted by Gasteiger charge is 2.35. The van der Waals surface area contributed by atoms with Gasteiger partial charge < -0.3 is 9.30 Å². The van der Waals surface area contributed by atoms with Gasteiger partial charge in [0.2, 0.25) is 0 Å². The number of carbonyl (C=O) groups is 2. The van der Waals surface area contributed by atoms with Crippen LogP contribution >= 0.6 is 11.8 Å². The SMILES string of the molecule is Cc1ccc(OCCN2C(=O)S/C(=C\c3cc(C)n(-c4ccc(C)c(C)c4)c3C)C2=O)cc1. The van der Waals surface area contributed by atoms with Gasteiger partial charge in [0.05, 0.1) is 11.4 Å². The van der Waals surface area contributed by atoms with Crippen molar-refractivity contribution < 1.29 is 14.3 Å². The molecule has 2 aromatic carbocycles. The average Bonchev–Trinajstić information content (AvgIpc) is 3.20. The minimum atomic E-state index is -0.270. The lowest BCUT2D eigenvalue weighted by molar-refractivity contribution is -0.123. The minimum Gasteiger partial charge on any atom is -0.492 e. The first-order valence-corrected chi connectivity index (χ1v) is 11.8. The van der Waals surface area contributed by atoms with E-state index in [-0.39, 0.29) is 24.3 Å². The van der Waals surface area contributed by atoms with Crippen LogP contribution in [0.2, 0.25) is 0 Å². The fraction of sp³-hybridized carbons (Fsp3) is 0.259. The number of nitrogens with zero attached hydrogens (tertiary/aromatic N) is 2. The fourth-order valence-corrected chi connectivity index (χ4v) is 4.77. The molecule has 0 aliphatic carbocycles. The van der Waals surface area contributed by atoms with Crippen LogP contribution in [0, 0.1) is 34.6 Å². The Hall–Kier alpha value is -3.25. The summed E-state index contributed by atoms with van der Waals surface area (Å²) in [5.74, 6) is 0.454. The van der Waals surface area contributed by atoms with E-state index in [1.165, 1.54) is 16.0 Å². The van der Waals surface area contributed by atoms with Crippen molar-refractivity contribution in [3.8, 4) is 11.4 Å². The van der Waals surface area contributed by atoms with Gasteiger partial charge in [0.15, 0.2) is 0 Å². The summed E-state index contributed by atoms with van der Waals surface area (Å²) < 4.78 is 7.88. The van der Waals surface area contributed by atoms with Crippen LogP contribution in [0.5, 0.6) is 5.75 Å². The molecule has 0 unspecified atom stereocenters. The molecule has 0 N–H and O–H groups in total. The molecule has 3 aromatic rings. The van der Waals surface area contributed by atoms with Gasteiger partial charge in [-0.15, -0.1) is 0 Å². The molecular formula is C27H28N2O3S. The molecule has 1 fully saturated rings. The highest BCUT2D eigenvalue weighted by molar-refractivity contribution is 8.18. The normalized spacial score (nSPS) is 15.1. The van der Waals surface area contributed by atoms with Crippen LogP contribution < -0.4 is 4.74 Å². The number of hydrogen-bond acceptors (Lipinski definition) is 4. The van der Waals surface area contributed by atoms with Gasteiger partial charge in [0.25, 0.3) is 11.1 Å². The van der Waals surface area contributed by atoms with Gasteiger partial charge in [-0.3, -0.25) is 14.5 Å². The first kappa shape index (κ1) is 22.9. The molecule has 0 bridgehead atoms. The lowest BCUT2D eigenvalue weighted by atomic mass is 10.1. The van der Waals surface area contributed by atoms with E-state index in [1.54, 1.807) is 0 Å². The smallest absolute Gasteiger partial charge is 0.293 e. The topological polar surface area (TPSA) is 51.5 Å². The molecule has 4 rings (SSSR count). The predicted molar refractivity (Wildman–Crippen MR) is 134 cm³/mol. The summed E-state index contributed by atoms with van der Waals surface area (Å²) in [6.07, 6.45) is 1.83. The maximum absolute atomic E-state index is 12.9. The van der Waals surface area contributed by atoms with Crippen molar-refractivity contribution in [2.45, 2.75) is 34.6 Å². The van der Waals surface area contributed by atoms with E-state index in [0.29, 0.717) is 4.91 Å². The third kappa shape index (κ3) is 4.76. The number of aryl methyl sites for hydroxylation is 4. The summed E-state index contributed by atoms with van der Waals surface area (Å²) in [4.78, 5) is 27.1. The quantitative estimate of drug-likeness (QED) is 0.415. The van der Waals surface area contributed by atoms with Gasteiger partial charge in [-0.25, -0.2) is 0 Å². The molecule has 0 atom stereocenters. The number of ether oxygens (including phenoxy) is 1. The molecule has 2 heterocycles. The molecule has 6 heteroatoms. The Bertz CT molecular complexity index is 1260. The average molecular weight is 461 g/mol. The Morgan fingerprint density at radius 3 is 2.33 bits per heavy atom. The summed E-state index contributed by atoms with van der Waals surface area (Å²) in [7, 11) is 0. The first-order valence-electron chi connectivity index (χ1n) is 11.0. The van der Waals surface area contributed by atoms with Crippen molar-refractivity contribution in [1.82, 2.24) is 9.47 Å². The van der Waals surface area contributed by atoms with E-state index in [0.717, 1.165) is 45.7 Å². The standard InChI is InChI=1S/C27H28N2O3S/c1-17-6-10-24(11-7-17)32-13-12-28-26(30)25(33-27(28)31)16-22-15-20(4)29(21(22)5)23-9-8-18(2)19(3)14-23/h6-11,14-16H,12-13H2,1-5H3/b25-16-. The van der Waals surface area contributed by atoms with E-state index in [1.807, 2.05) is 51.1 Å². The van der Waals surface area contributed by atoms with Crippen LogP contribution in [0.4, 0.5) is 4.79 Å². The third-order valence-electron chi connectivity index (χ3n) is 5.98. The number of aromatic nitrogens is 1. The first-order chi connectivity index (χ1) is 15.7. The number of hydrogen-bond donors (Lipinski definition) is 0. The van der Waals surface area contributed by atoms with Gasteiger partial charge in [-0.2, -0.15) is 0 Å². The Morgan fingerprint density at radius 2 is 1.64 bits per heavy atom. The van der Waals surface area contributed by atoms with Crippen LogP contribution in [-0.4, -0.2) is 33.8 Å². The second-order valence-corrected chi connectivity index (χ2v) is 9.42. The zero-order valence-corrected chi connectivity index (χ0v) is 20.5. The number of rotatable bonds is 6. The molecule has 1 aliphatic heterocycles. The van der Waals surface area contributed by atoms with Crippen molar-refractivity contribution >= 4 is 29.0 Å². The molecule has 5 nitrogen and oxygen atoms in total. The van der Waals surface area contributed by atoms with Crippen LogP contribution in [0.15, 0.2) is 53.4 Å². The van der Waals surface area contributed by atoms with Gasteiger partial charge in [-0.1, -0.05) is 23.8 Å². The number of benzene rings is 2. The largest absolute Gasteiger partial charge is 0.492 e. The number of imide groups is 1. The van der Waals surface area contributed by atoms with E-state index in [4.69, 9.17) is 4.74 Å². The molecule has 170 valence electrons. The maximum atomic E-state index is 12.9. The van der Waals surface area contributed by atoms with Crippen molar-refractivity contribution in [2.75, 3.05) is 13.2 Å². The van der Waals surface area contributed by atoms with Crippen LogP contribution in [0.25, 0.3) is 11.8 Å². The summed E-state index contributed by atoms with van der Waals surface area (Å²) in [5, 5.41) is -0.262.